The molecule has 0 unspecified atom stereocenters. The molecule has 0 saturated carbocycles. The molecule has 1 atom stereocenters. The predicted octanol–water partition coefficient (Wildman–Crippen LogP) is 0.574. The van der Waals surface area contributed by atoms with Gasteiger partial charge in [-0.1, -0.05) is 6.07 Å². The van der Waals surface area contributed by atoms with Gasteiger partial charge in [0.05, 0.1) is 0 Å². The number of rotatable bonds is 3. The minimum atomic E-state index is -0.486. The van der Waals surface area contributed by atoms with Crippen molar-refractivity contribution in [3.05, 3.63) is 62.7 Å². The van der Waals surface area contributed by atoms with Crippen LogP contribution >= 0.6 is 0 Å². The van der Waals surface area contributed by atoms with Crippen LogP contribution in [-0.2, 0) is 20.5 Å². The minimum Gasteiger partial charge on any atom is -0.337 e. The SMILES string of the molecule is Cn1c(C(=O)N2CCC[C@H](Cc3cccnc3)C2)cc(=O)n(C)c1=O. The lowest BCUT2D eigenvalue weighted by Gasteiger charge is -2.33. The maximum absolute atomic E-state index is 12.8. The van der Waals surface area contributed by atoms with Gasteiger partial charge in [-0.05, 0) is 36.8 Å². The van der Waals surface area contributed by atoms with Gasteiger partial charge in [-0.15, -0.1) is 0 Å². The third-order valence-electron chi connectivity index (χ3n) is 4.80. The molecule has 25 heavy (non-hydrogen) atoms. The van der Waals surface area contributed by atoms with E-state index in [4.69, 9.17) is 0 Å². The average Bonchev–Trinajstić information content (AvgIpc) is 2.63. The highest BCUT2D eigenvalue weighted by atomic mass is 16.2. The molecule has 2 aromatic heterocycles. The lowest BCUT2D eigenvalue weighted by molar-refractivity contribution is 0.0661. The quantitative estimate of drug-likeness (QED) is 0.817. The van der Waals surface area contributed by atoms with Gasteiger partial charge in [0, 0.05) is 45.6 Å². The molecule has 1 aliphatic heterocycles. The Labute approximate surface area is 145 Å². The molecule has 0 aliphatic carbocycles. The normalized spacial score (nSPS) is 17.5. The summed E-state index contributed by atoms with van der Waals surface area (Å²) in [6, 6.07) is 5.20. The Morgan fingerprint density at radius 1 is 1.28 bits per heavy atom. The maximum Gasteiger partial charge on any atom is 0.331 e. The first kappa shape index (κ1) is 17.1. The third-order valence-corrected chi connectivity index (χ3v) is 4.80. The molecule has 0 spiro atoms. The van der Waals surface area contributed by atoms with Crippen LogP contribution in [0.25, 0.3) is 0 Å². The Morgan fingerprint density at radius 2 is 2.08 bits per heavy atom. The second-order valence-electron chi connectivity index (χ2n) is 6.59. The molecule has 0 aromatic carbocycles. The molecule has 1 aliphatic rings. The van der Waals surface area contributed by atoms with Crippen LogP contribution < -0.4 is 11.2 Å². The second kappa shape index (κ2) is 7.04. The number of pyridine rings is 1. The van der Waals surface area contributed by atoms with Crippen LogP contribution in [0.4, 0.5) is 0 Å². The molecule has 0 radical (unpaired) electrons. The summed E-state index contributed by atoms with van der Waals surface area (Å²) >= 11 is 0. The number of amides is 1. The molecule has 0 N–H and O–H groups in total. The van der Waals surface area contributed by atoms with Gasteiger partial charge in [0.15, 0.2) is 0 Å². The predicted molar refractivity (Wildman–Crippen MR) is 93.5 cm³/mol. The van der Waals surface area contributed by atoms with Gasteiger partial charge >= 0.3 is 5.69 Å². The Morgan fingerprint density at radius 3 is 2.80 bits per heavy atom. The smallest absolute Gasteiger partial charge is 0.331 e. The molecule has 3 heterocycles. The summed E-state index contributed by atoms with van der Waals surface area (Å²) in [5.74, 6) is 0.0960. The summed E-state index contributed by atoms with van der Waals surface area (Å²) in [5.41, 5.74) is 0.355. The van der Waals surface area contributed by atoms with Crippen LogP contribution in [0.3, 0.4) is 0 Å². The van der Waals surface area contributed by atoms with Crippen molar-refractivity contribution in [1.82, 2.24) is 19.0 Å². The number of aromatic nitrogens is 3. The van der Waals surface area contributed by atoms with E-state index in [1.165, 1.54) is 24.7 Å². The number of nitrogens with zero attached hydrogens (tertiary/aromatic N) is 4. The number of piperidine rings is 1. The van der Waals surface area contributed by atoms with Crippen LogP contribution in [0.2, 0.25) is 0 Å². The molecule has 1 fully saturated rings. The summed E-state index contributed by atoms with van der Waals surface area (Å²) in [7, 11) is 2.93. The van der Waals surface area contributed by atoms with Crippen LogP contribution in [0, 0.1) is 5.92 Å². The van der Waals surface area contributed by atoms with Crippen molar-refractivity contribution in [2.45, 2.75) is 19.3 Å². The van der Waals surface area contributed by atoms with Crippen LogP contribution in [-0.4, -0.2) is 38.0 Å². The van der Waals surface area contributed by atoms with Gasteiger partial charge in [0.1, 0.15) is 5.69 Å². The van der Waals surface area contributed by atoms with E-state index in [2.05, 4.69) is 4.98 Å². The van der Waals surface area contributed by atoms with Crippen LogP contribution in [0.5, 0.6) is 0 Å². The fourth-order valence-electron chi connectivity index (χ4n) is 3.37. The summed E-state index contributed by atoms with van der Waals surface area (Å²) in [4.78, 5) is 42.7. The molecule has 3 rings (SSSR count). The Bertz CT molecular complexity index is 885. The van der Waals surface area contributed by atoms with E-state index < -0.39 is 11.2 Å². The van der Waals surface area contributed by atoms with E-state index in [1.54, 1.807) is 11.1 Å². The number of carbonyl (C=O) groups is 1. The minimum absolute atomic E-state index is 0.148. The third kappa shape index (κ3) is 3.55. The van der Waals surface area contributed by atoms with Gasteiger partial charge < -0.3 is 4.90 Å². The van der Waals surface area contributed by atoms with E-state index in [0.717, 1.165) is 29.4 Å². The van der Waals surface area contributed by atoms with Gasteiger partial charge in [-0.25, -0.2) is 4.79 Å². The van der Waals surface area contributed by atoms with E-state index >= 15 is 0 Å². The Hall–Kier alpha value is -2.70. The first-order chi connectivity index (χ1) is 12.0. The van der Waals surface area contributed by atoms with Gasteiger partial charge in [-0.2, -0.15) is 0 Å². The topological polar surface area (TPSA) is 77.2 Å². The highest BCUT2D eigenvalue weighted by Gasteiger charge is 2.26. The Kier molecular flexibility index (Phi) is 4.83. The highest BCUT2D eigenvalue weighted by molar-refractivity contribution is 5.92. The van der Waals surface area contributed by atoms with E-state index in [-0.39, 0.29) is 11.6 Å². The summed E-state index contributed by atoms with van der Waals surface area (Å²) in [6.07, 6.45) is 6.43. The van der Waals surface area contributed by atoms with Crippen molar-refractivity contribution in [1.29, 1.82) is 0 Å². The number of carbonyl (C=O) groups excluding carboxylic acids is 1. The van der Waals surface area contributed by atoms with Crippen molar-refractivity contribution in [3.8, 4) is 0 Å². The van der Waals surface area contributed by atoms with Crippen LogP contribution in [0.15, 0.2) is 40.2 Å². The summed E-state index contributed by atoms with van der Waals surface area (Å²) < 4.78 is 2.24. The van der Waals surface area contributed by atoms with Gasteiger partial charge in [0.2, 0.25) is 0 Å². The molecule has 1 amide bonds. The first-order valence-corrected chi connectivity index (χ1v) is 8.42. The molecule has 1 saturated heterocycles. The van der Waals surface area contributed by atoms with Gasteiger partial charge in [0.25, 0.3) is 11.5 Å². The molecular formula is C18H22N4O3. The lowest BCUT2D eigenvalue weighted by atomic mass is 9.91. The van der Waals surface area contributed by atoms with Crippen molar-refractivity contribution in [2.75, 3.05) is 13.1 Å². The largest absolute Gasteiger partial charge is 0.337 e. The molecule has 132 valence electrons. The first-order valence-electron chi connectivity index (χ1n) is 8.42. The fraction of sp³-hybridized carbons (Fsp3) is 0.444. The number of hydrogen-bond acceptors (Lipinski definition) is 4. The van der Waals surface area contributed by atoms with Gasteiger partial charge in [-0.3, -0.25) is 23.7 Å². The molecular weight excluding hydrogens is 320 g/mol. The summed E-state index contributed by atoms with van der Waals surface area (Å²) in [5, 5.41) is 0. The van der Waals surface area contributed by atoms with Crippen molar-refractivity contribution >= 4 is 5.91 Å². The monoisotopic (exact) mass is 342 g/mol. The molecule has 7 heteroatoms. The van der Waals surface area contributed by atoms with E-state index in [0.29, 0.717) is 19.0 Å². The second-order valence-corrected chi connectivity index (χ2v) is 6.59. The zero-order chi connectivity index (χ0) is 18.0. The van der Waals surface area contributed by atoms with Crippen molar-refractivity contribution < 1.29 is 4.79 Å². The van der Waals surface area contributed by atoms with Crippen LogP contribution in [0.1, 0.15) is 28.9 Å². The Balaban J connectivity index is 1.79. The van der Waals surface area contributed by atoms with Crippen molar-refractivity contribution in [2.24, 2.45) is 20.0 Å². The standard InChI is InChI=1S/C18H22N4O3/c1-20-15(10-16(23)21(2)18(20)25)17(24)22-8-4-6-14(12-22)9-13-5-3-7-19-11-13/h3,5,7,10-11,14H,4,6,8-9,12H2,1-2H3/t14-/m1/s1. The molecule has 2 aromatic rings. The fourth-order valence-corrected chi connectivity index (χ4v) is 3.37. The highest BCUT2D eigenvalue weighted by Crippen LogP contribution is 2.21. The zero-order valence-electron chi connectivity index (χ0n) is 14.5. The maximum atomic E-state index is 12.8. The lowest BCUT2D eigenvalue weighted by Crippen LogP contribution is -2.45. The van der Waals surface area contributed by atoms with E-state index in [9.17, 15) is 14.4 Å². The average molecular weight is 342 g/mol. The molecule has 7 nitrogen and oxygen atoms in total. The summed E-state index contributed by atoms with van der Waals surface area (Å²) in [6.45, 7) is 1.27. The number of hydrogen-bond donors (Lipinski definition) is 0. The zero-order valence-corrected chi connectivity index (χ0v) is 14.5. The van der Waals surface area contributed by atoms with E-state index in [1.807, 2.05) is 18.3 Å². The number of likely N-dealkylation sites (tertiary alicyclic amines) is 1. The van der Waals surface area contributed by atoms with Crippen molar-refractivity contribution in [3.63, 3.8) is 0 Å². The molecule has 0 bridgehead atoms.